The third-order valence-corrected chi connectivity index (χ3v) is 1.97. The van der Waals surface area contributed by atoms with Gasteiger partial charge in [-0.05, 0) is 19.8 Å². The molecule has 0 aromatic heterocycles. The number of carboxylic acid groups (broad SMARTS) is 2. The van der Waals surface area contributed by atoms with Crippen LogP contribution in [0.4, 0.5) is 0 Å². The third-order valence-electron chi connectivity index (χ3n) is 1.97. The van der Waals surface area contributed by atoms with E-state index in [0.717, 1.165) is 0 Å². The van der Waals surface area contributed by atoms with E-state index >= 15 is 0 Å². The highest BCUT2D eigenvalue weighted by atomic mass is 16.5. The van der Waals surface area contributed by atoms with Gasteiger partial charge in [0.2, 0.25) is 5.76 Å². The van der Waals surface area contributed by atoms with Crippen LogP contribution in [-0.2, 0) is 14.3 Å². The molecule has 1 atom stereocenters. The lowest BCUT2D eigenvalue weighted by molar-refractivity contribution is -0.140. The summed E-state index contributed by atoms with van der Waals surface area (Å²) in [5.74, 6) is -3.05. The molecular weight excluding hydrogens is 200 g/mol. The molecule has 1 unspecified atom stereocenters. The van der Waals surface area contributed by atoms with Crippen molar-refractivity contribution in [3.63, 3.8) is 0 Å². The van der Waals surface area contributed by atoms with Gasteiger partial charge in [-0.25, -0.2) is 9.59 Å². The Kier molecular flexibility index (Phi) is 5.44. The summed E-state index contributed by atoms with van der Waals surface area (Å²) in [4.78, 5) is 21.6. The van der Waals surface area contributed by atoms with Crippen LogP contribution in [0.1, 0.15) is 33.6 Å². The number of hydrogen-bond acceptors (Lipinski definition) is 3. The molecule has 5 nitrogen and oxygen atoms in total. The molecule has 86 valence electrons. The summed E-state index contributed by atoms with van der Waals surface area (Å²) in [6, 6.07) is 0. The van der Waals surface area contributed by atoms with Crippen molar-refractivity contribution in [2.75, 3.05) is 0 Å². The molecule has 0 rings (SSSR count). The van der Waals surface area contributed by atoms with Gasteiger partial charge in [0.05, 0.1) is 11.7 Å². The summed E-state index contributed by atoms with van der Waals surface area (Å²) in [5, 5.41) is 17.6. The highest BCUT2D eigenvalue weighted by Gasteiger charge is 2.21. The molecule has 0 aliphatic rings. The molecule has 0 fully saturated rings. The molecule has 5 heteroatoms. The molecule has 0 heterocycles. The minimum Gasteiger partial charge on any atom is -0.483 e. The monoisotopic (exact) mass is 216 g/mol. The van der Waals surface area contributed by atoms with Crippen molar-refractivity contribution in [1.29, 1.82) is 0 Å². The van der Waals surface area contributed by atoms with E-state index < -0.39 is 17.7 Å². The second-order valence-corrected chi connectivity index (χ2v) is 3.11. The van der Waals surface area contributed by atoms with Gasteiger partial charge in [-0.1, -0.05) is 13.8 Å². The van der Waals surface area contributed by atoms with E-state index in [2.05, 4.69) is 0 Å². The van der Waals surface area contributed by atoms with Crippen LogP contribution in [0.25, 0.3) is 0 Å². The van der Waals surface area contributed by atoms with Crippen molar-refractivity contribution in [3.8, 4) is 0 Å². The molecule has 0 aromatic rings. The van der Waals surface area contributed by atoms with Crippen molar-refractivity contribution < 1.29 is 24.5 Å². The number of ether oxygens (including phenoxy) is 1. The number of aliphatic carboxylic acids is 2. The van der Waals surface area contributed by atoms with E-state index in [0.29, 0.717) is 6.42 Å². The predicted octanol–water partition coefficient (Wildman–Crippen LogP) is 1.63. The molecule has 0 amide bonds. The average molecular weight is 216 g/mol. The fraction of sp³-hybridized carbons (Fsp3) is 0.600. The summed E-state index contributed by atoms with van der Waals surface area (Å²) in [7, 11) is 0. The first kappa shape index (κ1) is 13.5. The molecule has 2 N–H and O–H groups in total. The summed E-state index contributed by atoms with van der Waals surface area (Å²) in [6.45, 7) is 5.10. The van der Waals surface area contributed by atoms with E-state index in [1.807, 2.05) is 6.92 Å². The topological polar surface area (TPSA) is 83.8 Å². The van der Waals surface area contributed by atoms with Gasteiger partial charge in [0.1, 0.15) is 0 Å². The lowest BCUT2D eigenvalue weighted by Crippen LogP contribution is -2.18. The van der Waals surface area contributed by atoms with Gasteiger partial charge in [0, 0.05) is 0 Å². The highest BCUT2D eigenvalue weighted by Crippen LogP contribution is 2.14. The van der Waals surface area contributed by atoms with Gasteiger partial charge in [0.15, 0.2) is 0 Å². The summed E-state index contributed by atoms with van der Waals surface area (Å²) < 4.78 is 5.07. The predicted molar refractivity (Wildman–Crippen MR) is 53.4 cm³/mol. The number of hydrogen-bond donors (Lipinski definition) is 2. The Bertz CT molecular complexity index is 280. The lowest BCUT2D eigenvalue weighted by Gasteiger charge is -2.14. The first-order chi connectivity index (χ1) is 6.93. The fourth-order valence-electron chi connectivity index (χ4n) is 0.944. The summed E-state index contributed by atoms with van der Waals surface area (Å²) >= 11 is 0. The van der Waals surface area contributed by atoms with Crippen LogP contribution in [0.3, 0.4) is 0 Å². The van der Waals surface area contributed by atoms with Gasteiger partial charge < -0.3 is 14.9 Å². The van der Waals surface area contributed by atoms with Crippen LogP contribution < -0.4 is 0 Å². The molecule has 15 heavy (non-hydrogen) atoms. The van der Waals surface area contributed by atoms with Crippen molar-refractivity contribution in [3.05, 3.63) is 11.3 Å². The van der Waals surface area contributed by atoms with Gasteiger partial charge >= 0.3 is 11.9 Å². The van der Waals surface area contributed by atoms with Gasteiger partial charge in [0.25, 0.3) is 0 Å². The van der Waals surface area contributed by atoms with E-state index in [1.165, 1.54) is 0 Å². The molecule has 0 spiro atoms. The minimum atomic E-state index is -1.34. The zero-order chi connectivity index (χ0) is 12.0. The molecule has 0 aliphatic heterocycles. The minimum absolute atomic E-state index is 0.118. The normalized spacial score (nSPS) is 14.1. The maximum atomic E-state index is 10.8. The SMILES string of the molecule is CC/C(C(=O)O)=C(\OC(C)CC)C(=O)O. The number of carboxylic acids is 2. The molecule has 0 saturated carbocycles. The zero-order valence-electron chi connectivity index (χ0n) is 9.11. The smallest absolute Gasteiger partial charge is 0.371 e. The van der Waals surface area contributed by atoms with Crippen molar-refractivity contribution >= 4 is 11.9 Å². The van der Waals surface area contributed by atoms with E-state index in [-0.39, 0.29) is 18.1 Å². The van der Waals surface area contributed by atoms with Crippen LogP contribution >= 0.6 is 0 Å². The van der Waals surface area contributed by atoms with Gasteiger partial charge in [-0.2, -0.15) is 0 Å². The first-order valence-corrected chi connectivity index (χ1v) is 4.80. The van der Waals surface area contributed by atoms with Crippen LogP contribution in [0.2, 0.25) is 0 Å². The Morgan fingerprint density at radius 3 is 2.00 bits per heavy atom. The van der Waals surface area contributed by atoms with Crippen LogP contribution in [0, 0.1) is 0 Å². The van der Waals surface area contributed by atoms with E-state index in [9.17, 15) is 9.59 Å². The fourth-order valence-corrected chi connectivity index (χ4v) is 0.944. The average Bonchev–Trinajstić information content (AvgIpc) is 2.16. The van der Waals surface area contributed by atoms with Crippen LogP contribution in [-0.4, -0.2) is 28.3 Å². The summed E-state index contributed by atoms with van der Waals surface area (Å²) in [5.41, 5.74) is -0.206. The first-order valence-electron chi connectivity index (χ1n) is 4.80. The standard InChI is InChI=1S/C10H16O5/c1-4-6(3)15-8(10(13)14)7(5-2)9(11)12/h6H,4-5H2,1-3H3,(H,11,12)(H,13,14)/b8-7+. The maximum absolute atomic E-state index is 10.8. The second kappa shape index (κ2) is 6.06. The second-order valence-electron chi connectivity index (χ2n) is 3.11. The Morgan fingerprint density at radius 1 is 1.20 bits per heavy atom. The lowest BCUT2D eigenvalue weighted by atomic mass is 10.1. The Morgan fingerprint density at radius 2 is 1.73 bits per heavy atom. The summed E-state index contributed by atoms with van der Waals surface area (Å²) in [6.07, 6.45) is 0.429. The molecule has 0 aromatic carbocycles. The largest absolute Gasteiger partial charge is 0.483 e. The molecule has 0 bridgehead atoms. The van der Waals surface area contributed by atoms with Crippen molar-refractivity contribution in [2.24, 2.45) is 0 Å². The molecule has 0 saturated heterocycles. The Hall–Kier alpha value is -1.52. The molecule has 0 radical (unpaired) electrons. The van der Waals surface area contributed by atoms with Crippen LogP contribution in [0.5, 0.6) is 0 Å². The Balaban J connectivity index is 5.07. The molecule has 0 aliphatic carbocycles. The highest BCUT2D eigenvalue weighted by molar-refractivity contribution is 5.97. The Labute approximate surface area is 88.4 Å². The van der Waals surface area contributed by atoms with Gasteiger partial charge in [-0.3, -0.25) is 0 Å². The quantitative estimate of drug-likeness (QED) is 0.520. The maximum Gasteiger partial charge on any atom is 0.371 e. The van der Waals surface area contributed by atoms with E-state index in [4.69, 9.17) is 14.9 Å². The number of carbonyl (C=O) groups is 2. The number of rotatable bonds is 6. The van der Waals surface area contributed by atoms with Crippen LogP contribution in [0.15, 0.2) is 11.3 Å². The van der Waals surface area contributed by atoms with E-state index in [1.54, 1.807) is 13.8 Å². The third kappa shape index (κ3) is 4.01. The van der Waals surface area contributed by atoms with Crippen molar-refractivity contribution in [1.82, 2.24) is 0 Å². The van der Waals surface area contributed by atoms with Gasteiger partial charge in [-0.15, -0.1) is 0 Å². The zero-order valence-corrected chi connectivity index (χ0v) is 9.11. The van der Waals surface area contributed by atoms with Crippen molar-refractivity contribution in [2.45, 2.75) is 39.7 Å². The molecular formula is C10H16O5.